The molecule has 0 saturated carbocycles. The van der Waals surface area contributed by atoms with Crippen LogP contribution in [0, 0.1) is 5.92 Å². The van der Waals surface area contributed by atoms with Crippen LogP contribution in [0.1, 0.15) is 37.0 Å². The van der Waals surface area contributed by atoms with Gasteiger partial charge in [-0.1, -0.05) is 0 Å². The first-order valence-corrected chi connectivity index (χ1v) is 12.0. The zero-order chi connectivity index (χ0) is 21.9. The number of rotatable bonds is 6. The molecule has 3 rings (SSSR count). The first-order chi connectivity index (χ1) is 14.2. The number of nitrogens with zero attached hydrogens (tertiary/aromatic N) is 2. The van der Waals surface area contributed by atoms with Gasteiger partial charge >= 0.3 is 0 Å². The van der Waals surface area contributed by atoms with E-state index in [9.17, 15) is 13.2 Å². The number of piperidine rings is 1. The number of carbonyl (C=O) groups excluding carboxylic acids is 1. The van der Waals surface area contributed by atoms with Crippen molar-refractivity contribution in [3.05, 3.63) is 23.8 Å². The van der Waals surface area contributed by atoms with Gasteiger partial charge in [-0.25, -0.2) is 13.1 Å². The zero-order valence-corrected chi connectivity index (χ0v) is 19.1. The van der Waals surface area contributed by atoms with Crippen LogP contribution < -0.4 is 9.46 Å². The van der Waals surface area contributed by atoms with E-state index >= 15 is 0 Å². The Balaban J connectivity index is 1.62. The fourth-order valence-electron chi connectivity index (χ4n) is 4.43. The topological polar surface area (TPSA) is 88.2 Å². The van der Waals surface area contributed by atoms with Crippen LogP contribution in [0.5, 0.6) is 5.75 Å². The van der Waals surface area contributed by atoms with Gasteiger partial charge in [0.1, 0.15) is 10.6 Å². The third-order valence-electron chi connectivity index (χ3n) is 5.88. The van der Waals surface area contributed by atoms with E-state index in [0.29, 0.717) is 24.6 Å². The van der Waals surface area contributed by atoms with Gasteiger partial charge in [-0.3, -0.25) is 9.69 Å². The third kappa shape index (κ3) is 5.32. The van der Waals surface area contributed by atoms with Crippen LogP contribution in [0.4, 0.5) is 0 Å². The number of carbonyl (C=O) groups is 1. The number of nitrogens with one attached hydrogen (secondary N) is 1. The number of benzene rings is 1. The Morgan fingerprint density at radius 2 is 1.83 bits per heavy atom. The molecule has 1 aromatic carbocycles. The van der Waals surface area contributed by atoms with Gasteiger partial charge in [-0.2, -0.15) is 0 Å². The van der Waals surface area contributed by atoms with Crippen molar-refractivity contribution in [2.45, 2.75) is 43.8 Å². The minimum atomic E-state index is -3.72. The lowest BCUT2D eigenvalue weighted by Gasteiger charge is -2.39. The van der Waals surface area contributed by atoms with Crippen molar-refractivity contribution in [2.75, 3.05) is 46.9 Å². The predicted molar refractivity (Wildman–Crippen MR) is 114 cm³/mol. The second-order valence-electron chi connectivity index (χ2n) is 8.28. The summed E-state index contributed by atoms with van der Waals surface area (Å²) in [4.78, 5) is 17.3. The van der Waals surface area contributed by atoms with Crippen molar-refractivity contribution in [3.63, 3.8) is 0 Å². The predicted octanol–water partition coefficient (Wildman–Crippen LogP) is 1.56. The molecule has 2 atom stereocenters. The molecule has 8 nitrogen and oxygen atoms in total. The summed E-state index contributed by atoms with van der Waals surface area (Å²) < 4.78 is 37.8. The van der Waals surface area contributed by atoms with Crippen molar-refractivity contribution in [1.29, 1.82) is 0 Å². The Hall–Kier alpha value is -1.68. The van der Waals surface area contributed by atoms with Crippen molar-refractivity contribution in [3.8, 4) is 5.75 Å². The summed E-state index contributed by atoms with van der Waals surface area (Å²) in [5, 5.41) is 0. The molecule has 2 saturated heterocycles. The Labute approximate surface area is 179 Å². The Bertz CT molecular complexity index is 842. The summed E-state index contributed by atoms with van der Waals surface area (Å²) in [5.41, 5.74) is 0.360. The monoisotopic (exact) mass is 439 g/mol. The molecule has 30 heavy (non-hydrogen) atoms. The maximum absolute atomic E-state index is 13.0. The quantitative estimate of drug-likeness (QED) is 0.724. The van der Waals surface area contributed by atoms with Crippen LogP contribution >= 0.6 is 0 Å². The fraction of sp³-hybridized carbons (Fsp3) is 0.667. The van der Waals surface area contributed by atoms with E-state index in [-0.39, 0.29) is 28.8 Å². The van der Waals surface area contributed by atoms with Gasteiger partial charge in [0.15, 0.2) is 0 Å². The minimum Gasteiger partial charge on any atom is -0.495 e. The van der Waals surface area contributed by atoms with Gasteiger partial charge in [0.05, 0.1) is 19.3 Å². The van der Waals surface area contributed by atoms with Gasteiger partial charge in [0.25, 0.3) is 5.91 Å². The summed E-state index contributed by atoms with van der Waals surface area (Å²) in [6.07, 6.45) is 2.41. The molecule has 9 heteroatoms. The van der Waals surface area contributed by atoms with E-state index in [0.717, 1.165) is 32.5 Å². The first kappa shape index (κ1) is 23.0. The molecule has 2 aliphatic rings. The first-order valence-electron chi connectivity index (χ1n) is 10.5. The van der Waals surface area contributed by atoms with Gasteiger partial charge in [-0.15, -0.1) is 0 Å². The average Bonchev–Trinajstić information content (AvgIpc) is 2.72. The molecule has 2 fully saturated rings. The molecular formula is C21H33N3O5S. The standard InChI is InChI=1S/C21H33N3O5S/c1-15-12-23(13-16(2)29-15)14-17-7-9-24(10-8-17)21(25)18-5-6-19(28-4)20(11-18)30(26,27)22-3/h5-6,11,15-17,22H,7-10,12-14H2,1-4H3. The van der Waals surface area contributed by atoms with E-state index in [4.69, 9.17) is 9.47 Å². The van der Waals surface area contributed by atoms with Gasteiger partial charge in [0, 0.05) is 38.3 Å². The number of amides is 1. The highest BCUT2D eigenvalue weighted by Crippen LogP contribution is 2.27. The van der Waals surface area contributed by atoms with Gasteiger partial charge in [-0.05, 0) is 57.9 Å². The molecule has 1 amide bonds. The molecule has 0 spiro atoms. The summed E-state index contributed by atoms with van der Waals surface area (Å²) in [5.74, 6) is 0.633. The van der Waals surface area contributed by atoms with E-state index in [2.05, 4.69) is 23.5 Å². The molecule has 0 bridgehead atoms. The third-order valence-corrected chi connectivity index (χ3v) is 7.32. The maximum atomic E-state index is 13.0. The summed E-state index contributed by atoms with van der Waals surface area (Å²) in [6.45, 7) is 8.53. The number of morpholine rings is 1. The highest BCUT2D eigenvalue weighted by Gasteiger charge is 2.29. The second-order valence-corrected chi connectivity index (χ2v) is 10.1. The molecule has 168 valence electrons. The van der Waals surface area contributed by atoms with Crippen molar-refractivity contribution in [1.82, 2.24) is 14.5 Å². The molecule has 0 radical (unpaired) electrons. The molecule has 2 heterocycles. The largest absolute Gasteiger partial charge is 0.495 e. The Morgan fingerprint density at radius 3 is 2.40 bits per heavy atom. The van der Waals surface area contributed by atoms with Crippen molar-refractivity contribution < 1.29 is 22.7 Å². The van der Waals surface area contributed by atoms with E-state index in [1.54, 1.807) is 6.07 Å². The molecular weight excluding hydrogens is 406 g/mol. The second kappa shape index (κ2) is 9.64. The molecule has 2 aliphatic heterocycles. The number of likely N-dealkylation sites (tertiary alicyclic amines) is 1. The molecule has 1 aromatic rings. The van der Waals surface area contributed by atoms with E-state index < -0.39 is 10.0 Å². The molecule has 0 aliphatic carbocycles. The van der Waals surface area contributed by atoms with Crippen molar-refractivity contribution >= 4 is 15.9 Å². The summed E-state index contributed by atoms with van der Waals surface area (Å²) in [6, 6.07) is 4.55. The lowest BCUT2D eigenvalue weighted by atomic mass is 9.95. The van der Waals surface area contributed by atoms with E-state index in [1.807, 2.05) is 4.90 Å². The van der Waals surface area contributed by atoms with Crippen LogP contribution in [-0.2, 0) is 14.8 Å². The fourth-order valence-corrected chi connectivity index (χ4v) is 5.35. The number of hydrogen-bond donors (Lipinski definition) is 1. The lowest BCUT2D eigenvalue weighted by molar-refractivity contribution is -0.0728. The number of hydrogen-bond acceptors (Lipinski definition) is 6. The van der Waals surface area contributed by atoms with Crippen LogP contribution in [0.3, 0.4) is 0 Å². The van der Waals surface area contributed by atoms with Crippen LogP contribution in [0.2, 0.25) is 0 Å². The SMILES string of the molecule is CNS(=O)(=O)c1cc(C(=O)N2CCC(CN3CC(C)OC(C)C3)CC2)ccc1OC. The average molecular weight is 440 g/mol. The van der Waals surface area contributed by atoms with Crippen LogP contribution in [0.15, 0.2) is 23.1 Å². The Morgan fingerprint density at radius 1 is 1.20 bits per heavy atom. The Kier molecular flexibility index (Phi) is 7.38. The van der Waals surface area contributed by atoms with Crippen molar-refractivity contribution in [2.24, 2.45) is 5.92 Å². The maximum Gasteiger partial charge on any atom is 0.253 e. The number of sulfonamides is 1. The smallest absolute Gasteiger partial charge is 0.253 e. The van der Waals surface area contributed by atoms with Crippen LogP contribution in [-0.4, -0.2) is 83.2 Å². The molecule has 1 N–H and O–H groups in total. The zero-order valence-electron chi connectivity index (χ0n) is 18.3. The summed E-state index contributed by atoms with van der Waals surface area (Å²) in [7, 11) is -0.977. The molecule has 0 aromatic heterocycles. The van der Waals surface area contributed by atoms with Gasteiger partial charge < -0.3 is 14.4 Å². The molecule has 2 unspecified atom stereocenters. The number of methoxy groups -OCH3 is 1. The minimum absolute atomic E-state index is 0.0243. The highest BCUT2D eigenvalue weighted by atomic mass is 32.2. The summed E-state index contributed by atoms with van der Waals surface area (Å²) >= 11 is 0. The van der Waals surface area contributed by atoms with Gasteiger partial charge in [0.2, 0.25) is 10.0 Å². The van der Waals surface area contributed by atoms with Crippen LogP contribution in [0.25, 0.3) is 0 Å². The highest BCUT2D eigenvalue weighted by molar-refractivity contribution is 7.89. The lowest BCUT2D eigenvalue weighted by Crippen LogP contribution is -2.48. The van der Waals surface area contributed by atoms with E-state index in [1.165, 1.54) is 26.3 Å². The number of ether oxygens (including phenoxy) is 2. The normalized spacial score (nSPS) is 24.1.